The number of hydrogen-bond acceptors (Lipinski definition) is 22. The monoisotopic (exact) mass is 1970 g/mol. The Morgan fingerprint density at radius 1 is 0.363 bits per heavy atom. The third-order valence-corrected chi connectivity index (χ3v) is 25.0. The molecule has 0 unspecified atom stereocenters. The predicted octanol–water partition coefficient (Wildman–Crippen LogP) is 27.0. The highest BCUT2D eigenvalue weighted by Crippen LogP contribution is 2.40. The second-order valence-corrected chi connectivity index (χ2v) is 36.2. The van der Waals surface area contributed by atoms with E-state index in [4.69, 9.17) is 50.4 Å². The molecule has 0 aliphatic rings. The molecule has 0 saturated heterocycles. The standard InChI is InChI=1S/2C24H24F3NO3S.C12H9ClF3NS.C12H10F3NOS.2C12H16O3.C2H3N.CH4.B/c2*1-15-21(32-22(28-15)18-8-10-19(11-9-18)24(25,26)27)14-30-20-7-5-6-17(12-20)13-31-23(3,4)16(2)29;1-7-10(6-13)18-11(17-7)8-2-4-9(5-3-8)12(14,15)16;1-7-10(6-17)18-11(16-7)8-2-4-9(5-3-8)12(13,14)15;2*1-9(13)12(2,3)15-8-10-5-4-6-11(14)7-10;1-2-3;;/h2*5-12H,13-14H2,1-4H3;2-5H,6H2,1H3;2-5,17H,6H2,1H3;2*4-7,14H,8H2,1-3H3;1H3;1H4;. The summed E-state index contributed by atoms with van der Waals surface area (Å²) in [6.45, 7) is 30.2. The van der Waals surface area contributed by atoms with Crippen LogP contribution in [0, 0.1) is 39.0 Å². The van der Waals surface area contributed by atoms with Crippen LogP contribution < -0.4 is 9.47 Å². The number of nitriles is 1. The summed E-state index contributed by atoms with van der Waals surface area (Å²) in [6, 6.07) is 50.0. The molecular formula is C99H106BClF12N5O13S4. The minimum atomic E-state index is -4.36. The van der Waals surface area contributed by atoms with Gasteiger partial charge in [-0.3, -0.25) is 19.2 Å². The fourth-order valence-corrected chi connectivity index (χ4v) is 14.6. The minimum absolute atomic E-state index is 0. The molecule has 8 aromatic carbocycles. The molecule has 0 fully saturated rings. The van der Waals surface area contributed by atoms with Crippen LogP contribution in [-0.4, -0.2) is 89.2 Å². The van der Waals surface area contributed by atoms with E-state index in [1.807, 2.05) is 81.4 Å². The largest absolute Gasteiger partial charge is 0.508 e. The van der Waals surface area contributed by atoms with Gasteiger partial charge >= 0.3 is 24.7 Å². The van der Waals surface area contributed by atoms with Crippen LogP contribution in [0.4, 0.5) is 52.7 Å². The lowest BCUT2D eigenvalue weighted by Crippen LogP contribution is -2.32. The highest BCUT2D eigenvalue weighted by molar-refractivity contribution is 7.16. The van der Waals surface area contributed by atoms with Crippen molar-refractivity contribution >= 4 is 88.5 Å². The number of benzene rings is 8. The molecule has 0 atom stereocenters. The van der Waals surface area contributed by atoms with E-state index < -0.39 is 69.4 Å². The van der Waals surface area contributed by atoms with Gasteiger partial charge < -0.3 is 43.7 Å². The van der Waals surface area contributed by atoms with Gasteiger partial charge in [0.15, 0.2) is 23.1 Å². The van der Waals surface area contributed by atoms with Crippen molar-refractivity contribution in [3.05, 3.63) is 281 Å². The number of aliphatic hydroxyl groups excluding tert-OH is 1. The van der Waals surface area contributed by atoms with Gasteiger partial charge in [-0.15, -0.1) is 56.9 Å². The number of nitrogens with zero attached hydrogens (tertiary/aromatic N) is 5. The van der Waals surface area contributed by atoms with E-state index in [0.29, 0.717) is 78.6 Å². The summed E-state index contributed by atoms with van der Waals surface area (Å²) in [4.78, 5) is 66.5. The van der Waals surface area contributed by atoms with Gasteiger partial charge in [0.05, 0.1) is 105 Å². The molecule has 0 bridgehead atoms. The SMILES string of the molecule is C.CC#N.CC(=O)C(C)(C)OCc1cccc(O)c1.CC(=O)C(C)(C)OCc1cccc(O)c1.CC(=O)C(C)(C)OCc1cccc(OCc2sc(-c3ccc(C(F)(F)F)cc3)nc2C)c1.CC(=O)C(C)(C)OCc1cccc(OCc2sc(-c3ccc(C(F)(F)F)cc3)nc2C)c1.Cc1nc(-c2ccc(C(F)(F)F)cc2)sc1CCl.Cc1nc(-c2ccc(C(F)(F)F)cc2)sc1CO.[B]. The van der Waals surface area contributed by atoms with Crippen LogP contribution in [0.25, 0.3) is 42.3 Å². The highest BCUT2D eigenvalue weighted by atomic mass is 35.5. The summed E-state index contributed by atoms with van der Waals surface area (Å²) in [5.41, 5.74) is 3.12. The summed E-state index contributed by atoms with van der Waals surface area (Å²) in [6.07, 6.45) is -17.4. The zero-order valence-electron chi connectivity index (χ0n) is 76.4. The molecule has 135 heavy (non-hydrogen) atoms. The maximum Gasteiger partial charge on any atom is 0.416 e. The Morgan fingerprint density at radius 3 is 0.785 bits per heavy atom. The molecule has 36 heteroatoms. The van der Waals surface area contributed by atoms with E-state index in [0.717, 1.165) is 107 Å². The number of phenols is 2. The quantitative estimate of drug-likeness (QED) is 0.0234. The fraction of sp³-hybridized carbons (Fsp3) is 0.343. The van der Waals surface area contributed by atoms with Crippen LogP contribution in [0.1, 0.15) is 184 Å². The number of phenolic OH excluding ortho intramolecular Hbond substituents is 2. The number of aromatic nitrogens is 4. The van der Waals surface area contributed by atoms with Gasteiger partial charge in [-0.2, -0.15) is 57.9 Å². The maximum atomic E-state index is 12.8. The first-order chi connectivity index (χ1) is 62.0. The normalized spacial score (nSPS) is 11.5. The van der Waals surface area contributed by atoms with Crippen LogP contribution in [0.5, 0.6) is 23.0 Å². The van der Waals surface area contributed by atoms with Crippen molar-refractivity contribution in [2.45, 2.75) is 224 Å². The Balaban J connectivity index is 0.000000345. The predicted molar refractivity (Wildman–Crippen MR) is 504 cm³/mol. The Bertz CT molecular complexity index is 5500. The third-order valence-electron chi connectivity index (χ3n) is 19.8. The molecule has 12 aromatic rings. The van der Waals surface area contributed by atoms with Crippen LogP contribution in [-0.2, 0) is 115 Å². The zero-order valence-corrected chi connectivity index (χ0v) is 80.4. The number of aryl methyl sites for hydroxylation is 4. The van der Waals surface area contributed by atoms with E-state index in [-0.39, 0.29) is 83.5 Å². The fourth-order valence-electron chi connectivity index (χ4n) is 10.5. The van der Waals surface area contributed by atoms with E-state index >= 15 is 0 Å². The first-order valence-corrected chi connectivity index (χ1v) is 44.4. The smallest absolute Gasteiger partial charge is 0.416 e. The number of thiazole rings is 4. The summed E-state index contributed by atoms with van der Waals surface area (Å²) in [5, 5.41) is 37.4. The molecule has 0 saturated carbocycles. The third kappa shape index (κ3) is 37.5. The number of aliphatic hydroxyl groups is 1. The summed E-state index contributed by atoms with van der Waals surface area (Å²) in [5.74, 6) is 1.96. The molecule has 0 amide bonds. The van der Waals surface area contributed by atoms with Crippen molar-refractivity contribution < 1.29 is 116 Å². The summed E-state index contributed by atoms with van der Waals surface area (Å²) < 4.78 is 185. The minimum Gasteiger partial charge on any atom is -0.508 e. The number of hydrogen-bond donors (Lipinski definition) is 3. The molecule has 0 spiro atoms. The van der Waals surface area contributed by atoms with Gasteiger partial charge in [0.1, 0.15) is 78.6 Å². The average molecular weight is 1980 g/mol. The Morgan fingerprint density at radius 2 is 0.578 bits per heavy atom. The molecule has 0 aliphatic heterocycles. The van der Waals surface area contributed by atoms with Gasteiger partial charge in [-0.05, 0) is 230 Å². The summed E-state index contributed by atoms with van der Waals surface area (Å²) >= 11 is 11.2. The number of carbonyl (C=O) groups excluding carboxylic acids is 4. The lowest BCUT2D eigenvalue weighted by Gasteiger charge is -2.22. The van der Waals surface area contributed by atoms with Gasteiger partial charge in [0, 0.05) is 42.5 Å². The number of aromatic hydroxyl groups is 2. The van der Waals surface area contributed by atoms with E-state index in [2.05, 4.69) is 19.9 Å². The van der Waals surface area contributed by atoms with Crippen molar-refractivity contribution in [3.8, 4) is 71.4 Å². The maximum absolute atomic E-state index is 12.8. The number of halogens is 13. The lowest BCUT2D eigenvalue weighted by molar-refractivity contribution is -0.139. The number of carbonyl (C=O) groups is 4. The van der Waals surface area contributed by atoms with Crippen molar-refractivity contribution in [2.24, 2.45) is 0 Å². The topological polar surface area (TPSA) is 260 Å². The molecule has 3 radical (unpaired) electrons. The molecular weight excluding hydrogens is 1870 g/mol. The second-order valence-electron chi connectivity index (χ2n) is 31.6. The Hall–Kier alpha value is -11.0. The molecule has 0 aliphatic carbocycles. The van der Waals surface area contributed by atoms with Gasteiger partial charge in [-0.1, -0.05) is 104 Å². The molecule has 4 heterocycles. The Labute approximate surface area is 800 Å². The van der Waals surface area contributed by atoms with Crippen molar-refractivity contribution in [3.63, 3.8) is 0 Å². The first-order valence-electron chi connectivity index (χ1n) is 40.6. The van der Waals surface area contributed by atoms with E-state index in [1.165, 1.54) is 128 Å². The number of ketones is 4. The van der Waals surface area contributed by atoms with Crippen LogP contribution in [0.2, 0.25) is 0 Å². The lowest BCUT2D eigenvalue weighted by atomic mass is 10.1. The van der Waals surface area contributed by atoms with Gasteiger partial charge in [-0.25, -0.2) is 19.9 Å². The van der Waals surface area contributed by atoms with E-state index in [9.17, 15) is 82.1 Å². The highest BCUT2D eigenvalue weighted by Gasteiger charge is 2.35. The molecule has 12 rings (SSSR count). The number of alkyl halides is 13. The number of Topliss-reactive ketones (excluding diaryl/α,β-unsaturated/α-hetero) is 4. The average Bonchev–Trinajstić information content (AvgIpc) is 1.68. The zero-order chi connectivity index (χ0) is 99.4. The van der Waals surface area contributed by atoms with Crippen LogP contribution >= 0.6 is 56.9 Å². The van der Waals surface area contributed by atoms with Crippen molar-refractivity contribution in [1.29, 1.82) is 5.26 Å². The number of ether oxygens (including phenoxy) is 6. The van der Waals surface area contributed by atoms with Crippen molar-refractivity contribution in [1.82, 2.24) is 19.9 Å². The molecule has 723 valence electrons. The van der Waals surface area contributed by atoms with Crippen LogP contribution in [0.3, 0.4) is 0 Å². The first kappa shape index (κ1) is 116. The summed E-state index contributed by atoms with van der Waals surface area (Å²) in [7, 11) is 0. The second kappa shape index (κ2) is 51.8. The van der Waals surface area contributed by atoms with Crippen LogP contribution in [0.15, 0.2) is 194 Å². The number of rotatable bonds is 28. The molecule has 4 aromatic heterocycles. The van der Waals surface area contributed by atoms with E-state index in [1.54, 1.807) is 105 Å². The van der Waals surface area contributed by atoms with Gasteiger partial charge in [0.2, 0.25) is 0 Å². The molecule has 18 nitrogen and oxygen atoms in total. The molecule has 3 N–H and O–H groups in total. The Kier molecular flexibility index (Phi) is 44.6. The van der Waals surface area contributed by atoms with Gasteiger partial charge in [0.25, 0.3) is 0 Å². The van der Waals surface area contributed by atoms with Crippen molar-refractivity contribution in [2.75, 3.05) is 0 Å².